The Morgan fingerprint density at radius 2 is 0.811 bits per heavy atom. The highest BCUT2D eigenvalue weighted by Gasteiger charge is 2.38. The van der Waals surface area contributed by atoms with E-state index < -0.39 is 0 Å². The molecule has 37 heavy (non-hydrogen) atoms. The summed E-state index contributed by atoms with van der Waals surface area (Å²) in [7, 11) is 0. The molecule has 0 aromatic heterocycles. The van der Waals surface area contributed by atoms with Crippen LogP contribution < -0.4 is 11.5 Å². The molecule has 0 amide bonds. The zero-order chi connectivity index (χ0) is 25.7. The zero-order valence-corrected chi connectivity index (χ0v) is 21.6. The Bertz CT molecular complexity index is 1170. The Hall–Kier alpha value is -3.56. The van der Waals surface area contributed by atoms with Gasteiger partial charge in [0.05, 0.1) is 6.10 Å². The van der Waals surface area contributed by atoms with Crippen molar-refractivity contribution in [3.63, 3.8) is 0 Å². The number of anilines is 2. The van der Waals surface area contributed by atoms with Gasteiger partial charge in [0.15, 0.2) is 0 Å². The fourth-order valence-corrected chi connectivity index (χ4v) is 5.77. The molecular formula is C34H38N2O. The van der Waals surface area contributed by atoms with Crippen LogP contribution in [0.2, 0.25) is 0 Å². The Kier molecular flexibility index (Phi) is 7.62. The van der Waals surface area contributed by atoms with Gasteiger partial charge in [0.2, 0.25) is 0 Å². The first-order valence-corrected chi connectivity index (χ1v) is 13.6. The molecule has 0 spiro atoms. The Morgan fingerprint density at radius 3 is 1.14 bits per heavy atom. The van der Waals surface area contributed by atoms with Crippen LogP contribution in [0.3, 0.4) is 0 Å². The third-order valence-corrected chi connectivity index (χ3v) is 8.19. The molecule has 1 aliphatic carbocycles. The summed E-state index contributed by atoms with van der Waals surface area (Å²) in [6.45, 7) is 0. The number of hydrogen-bond acceptors (Lipinski definition) is 3. The summed E-state index contributed by atoms with van der Waals surface area (Å²) in [5.74, 6) is 0. The average molecular weight is 491 g/mol. The van der Waals surface area contributed by atoms with Crippen molar-refractivity contribution in [1.29, 1.82) is 0 Å². The van der Waals surface area contributed by atoms with Crippen LogP contribution in [-0.2, 0) is 31.1 Å². The van der Waals surface area contributed by atoms with Crippen LogP contribution in [-0.4, -0.2) is 11.2 Å². The maximum absolute atomic E-state index is 10.3. The van der Waals surface area contributed by atoms with Gasteiger partial charge in [-0.15, -0.1) is 0 Å². The van der Waals surface area contributed by atoms with Gasteiger partial charge in [-0.05, 0) is 109 Å². The number of nitrogen functional groups attached to an aromatic ring is 2. The molecule has 0 heterocycles. The van der Waals surface area contributed by atoms with Gasteiger partial charge in [0.25, 0.3) is 0 Å². The number of rotatable bonds is 8. The predicted molar refractivity (Wildman–Crippen MR) is 155 cm³/mol. The summed E-state index contributed by atoms with van der Waals surface area (Å²) < 4.78 is 0. The summed E-state index contributed by atoms with van der Waals surface area (Å²) in [5, 5.41) is 10.3. The molecule has 190 valence electrons. The SMILES string of the molecule is Nc1ccc(CCc2ccc(C3(c4ccc(CCc5ccc(N)cc5)cc4)CCC(O)CC3)cc2)cc1. The molecule has 0 aliphatic heterocycles. The minimum atomic E-state index is -0.188. The monoisotopic (exact) mass is 490 g/mol. The van der Waals surface area contributed by atoms with E-state index in [9.17, 15) is 5.11 Å². The molecule has 3 heteroatoms. The molecule has 0 bridgehead atoms. The van der Waals surface area contributed by atoms with Gasteiger partial charge >= 0.3 is 0 Å². The Morgan fingerprint density at radius 1 is 0.514 bits per heavy atom. The fraction of sp³-hybridized carbons (Fsp3) is 0.294. The average Bonchev–Trinajstić information content (AvgIpc) is 2.94. The number of nitrogens with two attached hydrogens (primary N) is 2. The third kappa shape index (κ3) is 6.06. The van der Waals surface area contributed by atoms with Gasteiger partial charge < -0.3 is 16.6 Å². The van der Waals surface area contributed by atoms with Gasteiger partial charge in [-0.2, -0.15) is 0 Å². The van der Waals surface area contributed by atoms with E-state index in [1.54, 1.807) is 0 Å². The van der Waals surface area contributed by atoms with E-state index in [1.165, 1.54) is 33.4 Å². The van der Waals surface area contributed by atoms with E-state index in [2.05, 4.69) is 72.8 Å². The van der Waals surface area contributed by atoms with Crippen LogP contribution in [0.4, 0.5) is 11.4 Å². The largest absolute Gasteiger partial charge is 0.399 e. The number of benzene rings is 4. The van der Waals surface area contributed by atoms with E-state index in [1.807, 2.05) is 24.3 Å². The van der Waals surface area contributed by atoms with Crippen LogP contribution in [0.15, 0.2) is 97.1 Å². The van der Waals surface area contributed by atoms with Crippen molar-refractivity contribution >= 4 is 11.4 Å². The van der Waals surface area contributed by atoms with Crippen molar-refractivity contribution < 1.29 is 5.11 Å². The van der Waals surface area contributed by atoms with Crippen LogP contribution in [0, 0.1) is 0 Å². The highest BCUT2D eigenvalue weighted by molar-refractivity contribution is 5.43. The number of aliphatic hydroxyl groups excluding tert-OH is 1. The van der Waals surface area contributed by atoms with Gasteiger partial charge in [-0.25, -0.2) is 0 Å². The predicted octanol–water partition coefficient (Wildman–Crippen LogP) is 6.64. The molecule has 0 unspecified atom stereocenters. The van der Waals surface area contributed by atoms with E-state index in [0.29, 0.717) is 0 Å². The van der Waals surface area contributed by atoms with Crippen LogP contribution in [0.1, 0.15) is 59.1 Å². The molecule has 5 N–H and O–H groups in total. The van der Waals surface area contributed by atoms with Gasteiger partial charge in [-0.1, -0.05) is 72.8 Å². The Labute approximate surface area is 221 Å². The van der Waals surface area contributed by atoms with E-state index in [4.69, 9.17) is 11.5 Å². The standard InChI is InChI=1S/C34H38N2O/c35-31-17-9-27(10-18-31)3-1-25-5-13-29(14-6-25)34(23-21-33(37)22-24-34)30-15-7-26(8-16-30)2-4-28-11-19-32(36)20-12-28/h5-20,33,37H,1-4,21-24,35-36H2. The minimum absolute atomic E-state index is 0.0375. The topological polar surface area (TPSA) is 72.3 Å². The second-order valence-electron chi connectivity index (χ2n) is 10.7. The first kappa shape index (κ1) is 25.1. The van der Waals surface area contributed by atoms with Crippen LogP contribution in [0.25, 0.3) is 0 Å². The normalized spacial score (nSPS) is 15.5. The molecule has 4 aromatic carbocycles. The maximum Gasteiger partial charge on any atom is 0.0541 e. The quantitative estimate of drug-likeness (QED) is 0.242. The van der Waals surface area contributed by atoms with Crippen LogP contribution >= 0.6 is 0 Å². The van der Waals surface area contributed by atoms with Gasteiger partial charge in [0.1, 0.15) is 0 Å². The molecule has 1 aliphatic rings. The van der Waals surface area contributed by atoms with E-state index >= 15 is 0 Å². The molecule has 5 rings (SSSR count). The molecule has 0 radical (unpaired) electrons. The molecule has 1 fully saturated rings. The molecule has 3 nitrogen and oxygen atoms in total. The highest BCUT2D eigenvalue weighted by atomic mass is 16.3. The summed E-state index contributed by atoms with van der Waals surface area (Å²) in [6.07, 6.45) is 7.50. The number of aryl methyl sites for hydroxylation is 4. The molecule has 4 aromatic rings. The van der Waals surface area contributed by atoms with E-state index in [-0.39, 0.29) is 11.5 Å². The van der Waals surface area contributed by atoms with E-state index in [0.717, 1.165) is 62.7 Å². The fourth-order valence-electron chi connectivity index (χ4n) is 5.77. The third-order valence-electron chi connectivity index (χ3n) is 8.19. The van der Waals surface area contributed by atoms with Crippen molar-refractivity contribution in [3.8, 4) is 0 Å². The summed E-state index contributed by atoms with van der Waals surface area (Å²) in [5.41, 5.74) is 21.3. The first-order chi connectivity index (χ1) is 18.0. The first-order valence-electron chi connectivity index (χ1n) is 13.6. The van der Waals surface area contributed by atoms with Crippen LogP contribution in [0.5, 0.6) is 0 Å². The highest BCUT2D eigenvalue weighted by Crippen LogP contribution is 2.45. The lowest BCUT2D eigenvalue weighted by Crippen LogP contribution is -2.34. The molecular weight excluding hydrogens is 452 g/mol. The number of hydrogen-bond donors (Lipinski definition) is 3. The lowest BCUT2D eigenvalue weighted by molar-refractivity contribution is 0.106. The molecule has 0 atom stereocenters. The number of aliphatic hydroxyl groups is 1. The summed E-state index contributed by atoms with van der Waals surface area (Å²) in [4.78, 5) is 0. The van der Waals surface area contributed by atoms with Gasteiger partial charge in [0, 0.05) is 16.8 Å². The zero-order valence-electron chi connectivity index (χ0n) is 21.6. The maximum atomic E-state index is 10.3. The molecule has 0 saturated heterocycles. The second-order valence-corrected chi connectivity index (χ2v) is 10.7. The van der Waals surface area contributed by atoms with Crippen molar-refractivity contribution in [1.82, 2.24) is 0 Å². The minimum Gasteiger partial charge on any atom is -0.399 e. The Balaban J connectivity index is 1.30. The second kappa shape index (κ2) is 11.2. The van der Waals surface area contributed by atoms with Crippen molar-refractivity contribution in [3.05, 3.63) is 130 Å². The van der Waals surface area contributed by atoms with Gasteiger partial charge in [-0.3, -0.25) is 0 Å². The molecule has 1 saturated carbocycles. The van der Waals surface area contributed by atoms with Crippen molar-refractivity contribution in [2.75, 3.05) is 11.5 Å². The summed E-state index contributed by atoms with van der Waals surface area (Å²) >= 11 is 0. The lowest BCUT2D eigenvalue weighted by Gasteiger charge is -2.40. The lowest BCUT2D eigenvalue weighted by atomic mass is 9.64. The smallest absolute Gasteiger partial charge is 0.0541 e. The van der Waals surface area contributed by atoms with Crippen molar-refractivity contribution in [2.45, 2.75) is 62.9 Å². The summed E-state index contributed by atoms with van der Waals surface area (Å²) in [6, 6.07) is 34.8. The van der Waals surface area contributed by atoms with Crippen molar-refractivity contribution in [2.24, 2.45) is 0 Å².